The average molecular weight is 416 g/mol. The molecule has 1 aliphatic rings. The number of aromatic nitrogens is 2. The summed E-state index contributed by atoms with van der Waals surface area (Å²) in [6.45, 7) is 0.671. The fraction of sp³-hybridized carbons (Fsp3) is 0.250. The molecule has 0 amide bonds. The molecule has 2 aromatic carbocycles. The van der Waals surface area contributed by atoms with Gasteiger partial charge in [-0.3, -0.25) is 14.6 Å². The molecule has 7 nitrogen and oxygen atoms in total. The van der Waals surface area contributed by atoms with Gasteiger partial charge in [-0.2, -0.15) is 0 Å². The van der Waals surface area contributed by atoms with Gasteiger partial charge in [0, 0.05) is 6.54 Å². The number of carboxylic acid groups (broad SMARTS) is 1. The molecule has 0 unspecified atom stereocenters. The van der Waals surface area contributed by atoms with Crippen LogP contribution in [0.1, 0.15) is 40.9 Å². The van der Waals surface area contributed by atoms with Crippen molar-refractivity contribution in [2.45, 2.75) is 31.2 Å². The molecule has 1 aromatic heterocycles. The number of nitrogens with one attached hydrogen (secondary N) is 1. The van der Waals surface area contributed by atoms with E-state index in [0.717, 1.165) is 11.1 Å². The highest BCUT2D eigenvalue weighted by atomic mass is 16.4. The van der Waals surface area contributed by atoms with Crippen LogP contribution in [-0.2, 0) is 16.8 Å². The van der Waals surface area contributed by atoms with Gasteiger partial charge in [0.1, 0.15) is 17.7 Å². The van der Waals surface area contributed by atoms with Crippen LogP contribution in [0, 0.1) is 0 Å². The van der Waals surface area contributed by atoms with Crippen LogP contribution in [0.15, 0.2) is 72.0 Å². The van der Waals surface area contributed by atoms with Gasteiger partial charge in [0.2, 0.25) is 5.78 Å². The number of carbonyl (C=O) groups is 2. The van der Waals surface area contributed by atoms with Crippen molar-refractivity contribution in [3.8, 4) is 0 Å². The van der Waals surface area contributed by atoms with E-state index in [2.05, 4.69) is 15.3 Å². The summed E-state index contributed by atoms with van der Waals surface area (Å²) in [5.74, 6) is -0.431. The van der Waals surface area contributed by atoms with Gasteiger partial charge in [-0.15, -0.1) is 0 Å². The highest BCUT2D eigenvalue weighted by Gasteiger charge is 2.41. The Morgan fingerprint density at radius 1 is 1.03 bits per heavy atom. The number of ketones is 1. The topological polar surface area (TPSA) is 96.6 Å². The van der Waals surface area contributed by atoms with E-state index in [1.165, 1.54) is 6.34 Å². The summed E-state index contributed by atoms with van der Waals surface area (Å²) >= 11 is 0. The van der Waals surface area contributed by atoms with E-state index in [-0.39, 0.29) is 12.3 Å². The number of hydrogen-bond acceptors (Lipinski definition) is 5. The summed E-state index contributed by atoms with van der Waals surface area (Å²) in [6, 6.07) is 18.8. The van der Waals surface area contributed by atoms with Crippen molar-refractivity contribution in [2.24, 2.45) is 4.99 Å². The normalized spacial score (nSPS) is 13.4. The Bertz CT molecular complexity index is 1050. The smallest absolute Gasteiger partial charge is 0.318 e. The second kappa shape index (κ2) is 8.95. The number of anilines is 1. The number of unbranched alkanes of at least 4 members (excludes halogenated alkanes) is 1. The van der Waals surface area contributed by atoms with Crippen LogP contribution < -0.4 is 5.32 Å². The second-order valence-corrected chi connectivity index (χ2v) is 7.57. The molecule has 0 atom stereocenters. The van der Waals surface area contributed by atoms with Crippen LogP contribution in [0.3, 0.4) is 0 Å². The van der Waals surface area contributed by atoms with Crippen molar-refractivity contribution in [1.29, 1.82) is 0 Å². The van der Waals surface area contributed by atoms with Gasteiger partial charge in [0.25, 0.3) is 0 Å². The zero-order chi connectivity index (χ0) is 21.7. The zero-order valence-corrected chi connectivity index (χ0v) is 17.1. The summed E-state index contributed by atoms with van der Waals surface area (Å²) in [6.07, 6.45) is 4.96. The van der Waals surface area contributed by atoms with E-state index < -0.39 is 11.4 Å². The Morgan fingerprint density at radius 3 is 2.29 bits per heavy atom. The summed E-state index contributed by atoms with van der Waals surface area (Å²) in [5, 5.41) is 13.3. The quantitative estimate of drug-likeness (QED) is 0.545. The fourth-order valence-corrected chi connectivity index (χ4v) is 4.19. The van der Waals surface area contributed by atoms with E-state index >= 15 is 0 Å². The van der Waals surface area contributed by atoms with Crippen molar-refractivity contribution in [3.05, 3.63) is 83.8 Å². The SMILES string of the molecule is O=C1CN=CNc2ncn(CCCCC(C(=O)O)(c3ccccc3)c3ccccc3)c21. The van der Waals surface area contributed by atoms with Crippen LogP contribution in [0.2, 0.25) is 0 Å². The number of aryl methyl sites for hydroxylation is 1. The minimum atomic E-state index is -1.13. The Hall–Kier alpha value is -3.74. The van der Waals surface area contributed by atoms with E-state index in [1.54, 1.807) is 6.33 Å². The predicted octanol–water partition coefficient (Wildman–Crippen LogP) is 3.76. The fourth-order valence-electron chi connectivity index (χ4n) is 4.19. The van der Waals surface area contributed by atoms with Crippen molar-refractivity contribution in [1.82, 2.24) is 9.55 Å². The third-order valence-corrected chi connectivity index (χ3v) is 5.73. The van der Waals surface area contributed by atoms with E-state index in [9.17, 15) is 14.7 Å². The number of nitrogens with zero attached hydrogens (tertiary/aromatic N) is 3. The Morgan fingerprint density at radius 2 is 1.68 bits per heavy atom. The van der Waals surface area contributed by atoms with Crippen LogP contribution in [0.5, 0.6) is 0 Å². The molecule has 3 aromatic rings. The lowest BCUT2D eigenvalue weighted by molar-refractivity contribution is -0.142. The maximum atomic E-state index is 12.6. The van der Waals surface area contributed by atoms with Crippen molar-refractivity contribution < 1.29 is 14.7 Å². The molecule has 0 radical (unpaired) electrons. The molecule has 2 N–H and O–H groups in total. The molecule has 0 saturated heterocycles. The number of Topliss-reactive ketones (excluding diaryl/α,β-unsaturated/α-hetero) is 1. The summed E-state index contributed by atoms with van der Waals surface area (Å²) in [7, 11) is 0. The third kappa shape index (κ3) is 3.99. The number of rotatable bonds is 8. The predicted molar refractivity (Wildman–Crippen MR) is 119 cm³/mol. The molecule has 1 aliphatic heterocycles. The summed E-state index contributed by atoms with van der Waals surface area (Å²) in [5.41, 5.74) is 0.927. The molecule has 0 fully saturated rings. The number of aliphatic carboxylic acids is 1. The minimum absolute atomic E-state index is 0.0813. The molecule has 0 spiro atoms. The molecule has 2 heterocycles. The standard InChI is InChI=1S/C24H24N4O3/c29-20-15-25-16-26-22-21(20)28(17-27-22)14-8-7-13-24(23(30)31,18-9-3-1-4-10-18)19-11-5-2-6-12-19/h1-6,9-12,16-17H,7-8,13-15H2,(H,25,26)(H,30,31). The Kier molecular flexibility index (Phi) is 5.93. The number of benzene rings is 2. The van der Waals surface area contributed by atoms with Crippen LogP contribution in [-0.4, -0.2) is 39.3 Å². The first-order chi connectivity index (χ1) is 15.1. The highest BCUT2D eigenvalue weighted by Crippen LogP contribution is 2.37. The van der Waals surface area contributed by atoms with E-state index in [1.807, 2.05) is 65.2 Å². The summed E-state index contributed by atoms with van der Waals surface area (Å²) < 4.78 is 1.83. The van der Waals surface area contributed by atoms with Crippen LogP contribution >= 0.6 is 0 Å². The first-order valence-corrected chi connectivity index (χ1v) is 10.3. The number of fused-ring (bicyclic) bond motifs is 1. The van der Waals surface area contributed by atoms with Gasteiger partial charge >= 0.3 is 5.97 Å². The molecule has 7 heteroatoms. The van der Waals surface area contributed by atoms with Gasteiger partial charge in [-0.1, -0.05) is 60.7 Å². The minimum Gasteiger partial charge on any atom is -0.480 e. The number of aliphatic imine (C=N–C) groups is 1. The number of hydrogen-bond donors (Lipinski definition) is 2. The van der Waals surface area contributed by atoms with Crippen molar-refractivity contribution in [2.75, 3.05) is 11.9 Å². The zero-order valence-electron chi connectivity index (χ0n) is 17.1. The lowest BCUT2D eigenvalue weighted by atomic mass is 9.71. The molecule has 0 saturated carbocycles. The number of carbonyl (C=O) groups excluding carboxylic acids is 1. The number of imidazole rings is 1. The largest absolute Gasteiger partial charge is 0.480 e. The Balaban J connectivity index is 1.54. The molecule has 0 bridgehead atoms. The maximum Gasteiger partial charge on any atom is 0.318 e. The second-order valence-electron chi connectivity index (χ2n) is 7.57. The summed E-state index contributed by atoms with van der Waals surface area (Å²) in [4.78, 5) is 33.2. The van der Waals surface area contributed by atoms with Crippen LogP contribution in [0.25, 0.3) is 0 Å². The van der Waals surface area contributed by atoms with E-state index in [4.69, 9.17) is 0 Å². The van der Waals surface area contributed by atoms with Crippen molar-refractivity contribution in [3.63, 3.8) is 0 Å². The number of carboxylic acids is 1. The molecule has 158 valence electrons. The van der Waals surface area contributed by atoms with Gasteiger partial charge < -0.3 is 15.0 Å². The van der Waals surface area contributed by atoms with Crippen molar-refractivity contribution >= 4 is 23.9 Å². The van der Waals surface area contributed by atoms with Gasteiger partial charge in [-0.05, 0) is 30.4 Å². The molecule has 0 aliphatic carbocycles. The molecule has 4 rings (SSSR count). The van der Waals surface area contributed by atoms with E-state index in [0.29, 0.717) is 37.3 Å². The highest BCUT2D eigenvalue weighted by molar-refractivity contribution is 6.04. The maximum absolute atomic E-state index is 12.6. The first kappa shape index (κ1) is 20.5. The first-order valence-electron chi connectivity index (χ1n) is 10.3. The molecular formula is C24H24N4O3. The monoisotopic (exact) mass is 416 g/mol. The molecule has 31 heavy (non-hydrogen) atoms. The molecular weight excluding hydrogens is 392 g/mol. The third-order valence-electron chi connectivity index (χ3n) is 5.73. The Labute approximate surface area is 180 Å². The van der Waals surface area contributed by atoms with Crippen LogP contribution in [0.4, 0.5) is 5.82 Å². The van der Waals surface area contributed by atoms with Gasteiger partial charge in [0.15, 0.2) is 5.82 Å². The van der Waals surface area contributed by atoms with Gasteiger partial charge in [-0.25, -0.2) is 4.98 Å². The van der Waals surface area contributed by atoms with Gasteiger partial charge in [0.05, 0.1) is 12.7 Å². The lowest BCUT2D eigenvalue weighted by Crippen LogP contribution is -2.37. The average Bonchev–Trinajstić information content (AvgIpc) is 3.11. The lowest BCUT2D eigenvalue weighted by Gasteiger charge is -2.31.